The minimum absolute atomic E-state index is 0. The van der Waals surface area contributed by atoms with Gasteiger partial charge in [-0.2, -0.15) is 0 Å². The highest BCUT2D eigenvalue weighted by atomic mass is 16.6. The van der Waals surface area contributed by atoms with Crippen LogP contribution in [0.15, 0.2) is 0 Å². The highest BCUT2D eigenvalue weighted by Crippen LogP contribution is 2.68. The van der Waals surface area contributed by atoms with E-state index in [0.717, 1.165) is 116 Å². The van der Waals surface area contributed by atoms with Gasteiger partial charge in [0.15, 0.2) is 0 Å². The molecule has 24 aliphatic carbocycles. The lowest BCUT2D eigenvalue weighted by molar-refractivity contribution is -0.304. The molecular formula is C99H174O24. The molecule has 24 saturated carbocycles. The van der Waals surface area contributed by atoms with Gasteiger partial charge in [0.1, 0.15) is 33.6 Å². The molecule has 0 amide bonds. The van der Waals surface area contributed by atoms with Crippen molar-refractivity contribution in [2.45, 2.75) is 519 Å². The molecule has 24 fully saturated rings. The summed E-state index contributed by atoms with van der Waals surface area (Å²) in [5.41, 5.74) is -16.5. The molecule has 11 unspecified atom stereocenters. The summed E-state index contributed by atoms with van der Waals surface area (Å²) >= 11 is 0. The Morgan fingerprint density at radius 3 is 0.650 bits per heavy atom. The molecule has 0 saturated heterocycles. The summed E-state index contributed by atoms with van der Waals surface area (Å²) in [6.45, 7) is 28.7. The van der Waals surface area contributed by atoms with E-state index in [4.69, 9.17) is 28.4 Å². The maximum absolute atomic E-state index is 12.4. The van der Waals surface area contributed by atoms with E-state index in [2.05, 4.69) is 0 Å². The number of esters is 6. The first kappa shape index (κ1) is 106. The van der Waals surface area contributed by atoms with E-state index in [1.54, 1.807) is 6.92 Å². The summed E-state index contributed by atoms with van der Waals surface area (Å²) in [7, 11) is 0. The molecule has 24 aliphatic rings. The van der Waals surface area contributed by atoms with E-state index < -0.39 is 106 Å². The summed E-state index contributed by atoms with van der Waals surface area (Å²) in [4.78, 5) is 73.5. The second kappa shape index (κ2) is 35.1. The van der Waals surface area contributed by atoms with Crippen LogP contribution in [0.2, 0.25) is 0 Å². The highest BCUT2D eigenvalue weighted by molar-refractivity contribution is 5.78. The van der Waals surface area contributed by atoms with Gasteiger partial charge in [-0.1, -0.05) is 107 Å². The van der Waals surface area contributed by atoms with Gasteiger partial charge in [0, 0.05) is 128 Å². The van der Waals surface area contributed by atoms with Crippen LogP contribution in [-0.2, 0) is 57.2 Å². The summed E-state index contributed by atoms with van der Waals surface area (Å²) < 4.78 is 35.0. The van der Waals surface area contributed by atoms with Crippen molar-refractivity contribution in [2.24, 2.45) is 69.5 Å². The van der Waals surface area contributed by atoms with Gasteiger partial charge in [0.05, 0.1) is 101 Å². The summed E-state index contributed by atoms with van der Waals surface area (Å²) in [5, 5.41) is 127. The molecular weight excluding hydrogens is 1570 g/mol. The van der Waals surface area contributed by atoms with E-state index in [9.17, 15) is 90.0 Å². The quantitative estimate of drug-likeness (QED) is 0.0448. The Kier molecular flexibility index (Phi) is 30.4. The molecule has 0 heterocycles. The molecule has 0 aromatic rings. The molecule has 123 heavy (non-hydrogen) atoms. The highest BCUT2D eigenvalue weighted by Gasteiger charge is 2.73. The van der Waals surface area contributed by atoms with Gasteiger partial charge in [-0.25, -0.2) is 0 Å². The maximum Gasteiger partial charge on any atom is 0.312 e. The van der Waals surface area contributed by atoms with Crippen LogP contribution < -0.4 is 0 Å². The fourth-order valence-electron chi connectivity index (χ4n) is 29.1. The van der Waals surface area contributed by atoms with Crippen LogP contribution >= 0.6 is 0 Å². The predicted octanol–water partition coefficient (Wildman–Crippen LogP) is 15.6. The maximum atomic E-state index is 12.4. The van der Waals surface area contributed by atoms with E-state index in [1.807, 2.05) is 96.9 Å². The zero-order valence-corrected chi connectivity index (χ0v) is 73.7. The third kappa shape index (κ3) is 22.1. The number of ether oxygens (including phenoxy) is 6. The van der Waals surface area contributed by atoms with Crippen molar-refractivity contribution in [1.29, 1.82) is 0 Å². The van der Waals surface area contributed by atoms with Gasteiger partial charge < -0.3 is 89.7 Å². The van der Waals surface area contributed by atoms with Crippen molar-refractivity contribution in [3.05, 3.63) is 0 Å². The zero-order chi connectivity index (χ0) is 86.1. The molecule has 0 aliphatic heterocycles. The first-order valence-corrected chi connectivity index (χ1v) is 45.7. The zero-order valence-electron chi connectivity index (χ0n) is 73.7. The molecule has 0 spiro atoms. The lowest BCUT2D eigenvalue weighted by Crippen LogP contribution is -2.72. The van der Waals surface area contributed by atoms with Crippen molar-refractivity contribution in [3.63, 3.8) is 0 Å². The number of aliphatic hydroxyl groups is 12. The molecule has 24 bridgehead atoms. The van der Waals surface area contributed by atoms with E-state index in [-0.39, 0.29) is 160 Å². The number of carbonyl (C=O) groups is 6. The van der Waals surface area contributed by atoms with Crippen LogP contribution in [0.3, 0.4) is 0 Å². The lowest BCUT2D eigenvalue weighted by atomic mass is 9.48. The van der Waals surface area contributed by atoms with Gasteiger partial charge in [-0.15, -0.1) is 0 Å². The minimum Gasteiger partial charge on any atom is -0.459 e. The first-order valence-electron chi connectivity index (χ1n) is 45.7. The second-order valence-corrected chi connectivity index (χ2v) is 46.9. The van der Waals surface area contributed by atoms with Crippen LogP contribution in [0, 0.1) is 69.5 Å². The van der Waals surface area contributed by atoms with Crippen LogP contribution in [0.1, 0.15) is 418 Å². The Labute approximate surface area is 739 Å². The van der Waals surface area contributed by atoms with Crippen LogP contribution in [0.25, 0.3) is 0 Å². The third-order valence-corrected chi connectivity index (χ3v) is 33.0. The van der Waals surface area contributed by atoms with Gasteiger partial charge in [-0.3, -0.25) is 28.8 Å². The van der Waals surface area contributed by atoms with Crippen molar-refractivity contribution >= 4 is 35.8 Å². The smallest absolute Gasteiger partial charge is 0.312 e. The Morgan fingerprint density at radius 2 is 0.415 bits per heavy atom. The number of carbonyl (C=O) groups excluding carboxylic acids is 6. The average molecular weight is 1750 g/mol. The van der Waals surface area contributed by atoms with E-state index in [0.29, 0.717) is 126 Å². The number of hydrogen-bond donors (Lipinski definition) is 12. The summed E-state index contributed by atoms with van der Waals surface area (Å²) in [6.07, 6.45) is 26.8. The van der Waals surface area contributed by atoms with Crippen molar-refractivity contribution in [2.75, 3.05) is 0 Å². The molecule has 12 N–H and O–H groups in total. The Hall–Kier alpha value is -3.66. The third-order valence-electron chi connectivity index (χ3n) is 33.0. The van der Waals surface area contributed by atoms with Crippen molar-refractivity contribution < 1.29 is 118 Å². The monoisotopic (exact) mass is 1750 g/mol. The normalized spacial score (nSPS) is 45.5. The van der Waals surface area contributed by atoms with Crippen LogP contribution in [0.5, 0.6) is 0 Å². The standard InChI is InChI=1S/C16H26O5.C16H26O4.C16H26O3.C15H24O5.C15H24O4.C15H24O3.6CH4/c1-4-12(2,3)11(17)21-16-8-13(18)5-14(19,9-16)7-15(20,6-13)10-16;1-4-13(2,3)12(17)20-16-7-11-5-14(18,9-16)8-15(19,6-11)10-16;1-4-14(2,3)13(17)19-16-8-11-5-12(9-16)7-15(18,6-11)10-16;1-3-10(2)11(16)20-15-7-12(17)4-13(18,8-15)6-14(19,5-12)9-15;1-3-10(2)12(16)19-15-6-11-4-13(17,8-15)7-14(18,5-11)9-15;1-3-10(2)13(16)18-15-7-11-4-12(8-15)6-14(17,5-11)9-15;;;;;;/h18-20H,4-10H2,1-3H3;11,18-19H,4-10H2,1-3H3;11-12,18H,4-10H2,1-3H3;10,17-19H,3-9H2,1-2H3;10-11,17-18H,3-9H2,1-2H3;10-12,17H,3-9H2,1-2H3;6*1H4. The summed E-state index contributed by atoms with van der Waals surface area (Å²) in [5.74, 6) is 1.33. The Morgan fingerprint density at radius 1 is 0.244 bits per heavy atom. The van der Waals surface area contributed by atoms with E-state index >= 15 is 0 Å². The molecule has 0 radical (unpaired) electrons. The van der Waals surface area contributed by atoms with Crippen molar-refractivity contribution in [3.8, 4) is 0 Å². The fourth-order valence-corrected chi connectivity index (χ4v) is 29.1. The fraction of sp³-hybridized carbons (Fsp3) is 0.939. The van der Waals surface area contributed by atoms with E-state index in [1.165, 1.54) is 12.8 Å². The second-order valence-electron chi connectivity index (χ2n) is 46.9. The van der Waals surface area contributed by atoms with Gasteiger partial charge >= 0.3 is 35.8 Å². The predicted molar refractivity (Wildman–Crippen MR) is 470 cm³/mol. The largest absolute Gasteiger partial charge is 0.459 e. The van der Waals surface area contributed by atoms with Gasteiger partial charge in [0.25, 0.3) is 0 Å². The molecule has 0 aromatic heterocycles. The van der Waals surface area contributed by atoms with Crippen LogP contribution in [0.4, 0.5) is 0 Å². The molecule has 24 heteroatoms. The molecule has 24 nitrogen and oxygen atoms in total. The van der Waals surface area contributed by atoms with Gasteiger partial charge in [-0.05, 0) is 218 Å². The molecule has 714 valence electrons. The minimum atomic E-state index is -1.13. The molecule has 24 rings (SSSR count). The topological polar surface area (TPSA) is 401 Å². The van der Waals surface area contributed by atoms with Crippen molar-refractivity contribution in [1.82, 2.24) is 0 Å². The van der Waals surface area contributed by atoms with Gasteiger partial charge in [0.2, 0.25) is 0 Å². The molecule has 0 aromatic carbocycles. The number of rotatable bonds is 18. The molecule has 11 atom stereocenters. The Bertz CT molecular complexity index is 3590. The lowest BCUT2D eigenvalue weighted by Gasteiger charge is -2.65. The SMILES string of the molecule is C.C.C.C.C.C.CCC(C)(C)C(=O)OC12CC3(O)CC(O)(CC(O)(C3)C1)C2.CCC(C)(C)C(=O)OC12CC3CC(CC(O)(C3)C1)C2.CCC(C)(C)C(=O)OC12CC3CC(O)(CC(O)(C3)C1)C2.CCC(C)C(=O)OC12CC3(O)CC(O)(CC(O)(C3)C1)C2.CCC(C)C(=O)OC12CC3CC(CC(O)(C3)C1)C2.CCC(C)C(=O)OC12CC3CC(O)(CC(O)(C3)C1)C2. The van der Waals surface area contributed by atoms with Crippen LogP contribution in [-0.4, -0.2) is 198 Å². The Balaban J connectivity index is 0.000000201. The first-order chi connectivity index (χ1) is 53.6. The number of hydrogen-bond acceptors (Lipinski definition) is 24. The summed E-state index contributed by atoms with van der Waals surface area (Å²) in [6, 6.07) is 0. The average Bonchev–Trinajstić information content (AvgIpc) is 0.688.